The number of hydrogen-bond acceptors (Lipinski definition) is 4. The number of fused-ring (bicyclic) bond motifs is 3. The molecule has 3 heterocycles. The van der Waals surface area contributed by atoms with Gasteiger partial charge in [0.05, 0.1) is 17.1 Å². The molecule has 1 aliphatic heterocycles. The van der Waals surface area contributed by atoms with Crippen molar-refractivity contribution in [1.82, 2.24) is 19.5 Å². The van der Waals surface area contributed by atoms with Gasteiger partial charge < -0.3 is 9.67 Å². The molecule has 0 radical (unpaired) electrons. The van der Waals surface area contributed by atoms with Crippen molar-refractivity contribution in [2.75, 3.05) is 0 Å². The fourth-order valence-corrected chi connectivity index (χ4v) is 4.03. The van der Waals surface area contributed by atoms with E-state index in [1.54, 1.807) is 26.2 Å². The molecule has 0 fully saturated rings. The van der Waals surface area contributed by atoms with Crippen molar-refractivity contribution >= 4 is 11.0 Å². The van der Waals surface area contributed by atoms with Crippen LogP contribution < -0.4 is 0 Å². The van der Waals surface area contributed by atoms with E-state index in [0.717, 1.165) is 40.8 Å². The molecule has 2 aromatic carbocycles. The van der Waals surface area contributed by atoms with E-state index >= 15 is 0 Å². The maximum absolute atomic E-state index is 10.1. The first-order valence-corrected chi connectivity index (χ1v) is 9.62. The van der Waals surface area contributed by atoms with Gasteiger partial charge in [0.25, 0.3) is 0 Å². The Labute approximate surface area is 163 Å². The highest BCUT2D eigenvalue weighted by atomic mass is 16.3. The third-order valence-electron chi connectivity index (χ3n) is 5.43. The molecule has 0 saturated carbocycles. The minimum atomic E-state index is -1.04. The van der Waals surface area contributed by atoms with Crippen molar-refractivity contribution in [3.63, 3.8) is 0 Å². The summed E-state index contributed by atoms with van der Waals surface area (Å²) < 4.78 is 2.38. The third kappa shape index (κ3) is 2.79. The lowest BCUT2D eigenvalue weighted by atomic mass is 10.0. The first-order chi connectivity index (χ1) is 13.5. The number of nitrogens with zero attached hydrogens (tertiary/aromatic N) is 4. The molecule has 1 N–H and O–H groups in total. The van der Waals surface area contributed by atoms with Crippen LogP contribution in [0.25, 0.3) is 22.2 Å². The zero-order valence-corrected chi connectivity index (χ0v) is 16.0. The van der Waals surface area contributed by atoms with Crippen LogP contribution in [0, 0.1) is 0 Å². The number of benzene rings is 2. The Morgan fingerprint density at radius 2 is 1.75 bits per heavy atom. The van der Waals surface area contributed by atoms with Gasteiger partial charge >= 0.3 is 0 Å². The molecule has 140 valence electrons. The highest BCUT2D eigenvalue weighted by molar-refractivity contribution is 5.83. The van der Waals surface area contributed by atoms with E-state index in [2.05, 4.69) is 63.1 Å². The summed E-state index contributed by atoms with van der Waals surface area (Å²) in [7, 11) is 0. The summed E-state index contributed by atoms with van der Waals surface area (Å²) in [5.41, 5.74) is 4.43. The van der Waals surface area contributed by atoms with E-state index in [1.165, 1.54) is 5.56 Å². The van der Waals surface area contributed by atoms with E-state index in [4.69, 9.17) is 4.98 Å². The Kier molecular flexibility index (Phi) is 3.81. The average Bonchev–Trinajstić information content (AvgIpc) is 3.27. The smallest absolute Gasteiger partial charge is 0.159 e. The van der Waals surface area contributed by atoms with Crippen molar-refractivity contribution in [3.8, 4) is 11.1 Å². The van der Waals surface area contributed by atoms with Gasteiger partial charge in [-0.1, -0.05) is 36.4 Å². The SMILES string of the molecule is CC(C)(O)c1ncc(-c2ccc3nc4n(c3c2)[C@@H](c2ccccc2)CC4)cn1. The Balaban J connectivity index is 1.59. The third-order valence-corrected chi connectivity index (χ3v) is 5.43. The van der Waals surface area contributed by atoms with Gasteiger partial charge in [-0.25, -0.2) is 15.0 Å². The Morgan fingerprint density at radius 1 is 1.00 bits per heavy atom. The topological polar surface area (TPSA) is 63.8 Å². The van der Waals surface area contributed by atoms with Gasteiger partial charge in [-0.15, -0.1) is 0 Å². The van der Waals surface area contributed by atoms with Crippen molar-refractivity contribution in [2.24, 2.45) is 0 Å². The second-order valence-corrected chi connectivity index (χ2v) is 7.92. The summed E-state index contributed by atoms with van der Waals surface area (Å²) in [6, 6.07) is 17.3. The first kappa shape index (κ1) is 17.1. The summed E-state index contributed by atoms with van der Waals surface area (Å²) in [5.74, 6) is 1.57. The standard InChI is InChI=1S/C23H22N4O/c1-23(2,28)22-24-13-17(14-25-22)16-8-9-18-20(12-16)27-19(10-11-21(27)26-18)15-6-4-3-5-7-15/h3-9,12-14,19,28H,10-11H2,1-2H3/t19-/m1/s1. The molecule has 0 saturated heterocycles. The molecule has 0 spiro atoms. The quantitative estimate of drug-likeness (QED) is 0.585. The minimum absolute atomic E-state index is 0.324. The van der Waals surface area contributed by atoms with E-state index in [0.29, 0.717) is 11.9 Å². The van der Waals surface area contributed by atoms with Crippen LogP contribution in [0.15, 0.2) is 60.9 Å². The molecule has 2 aromatic heterocycles. The molecular weight excluding hydrogens is 348 g/mol. The predicted octanol–water partition coefficient (Wildman–Crippen LogP) is 4.26. The lowest BCUT2D eigenvalue weighted by Gasteiger charge is -2.16. The molecule has 4 aromatic rings. The average molecular weight is 370 g/mol. The van der Waals surface area contributed by atoms with Crippen molar-refractivity contribution < 1.29 is 5.11 Å². The summed E-state index contributed by atoms with van der Waals surface area (Å²) in [6.45, 7) is 3.38. The Morgan fingerprint density at radius 3 is 2.46 bits per heavy atom. The molecular formula is C23H22N4O. The number of aryl methyl sites for hydroxylation is 1. The predicted molar refractivity (Wildman–Crippen MR) is 109 cm³/mol. The normalized spacial score (nSPS) is 16.5. The molecule has 5 nitrogen and oxygen atoms in total. The van der Waals surface area contributed by atoms with Crippen LogP contribution in [-0.4, -0.2) is 24.6 Å². The Bertz CT molecular complexity index is 1140. The lowest BCUT2D eigenvalue weighted by Crippen LogP contribution is -2.19. The van der Waals surface area contributed by atoms with Crippen molar-refractivity contribution in [1.29, 1.82) is 0 Å². The van der Waals surface area contributed by atoms with Gasteiger partial charge in [0.15, 0.2) is 5.82 Å². The molecule has 1 aliphatic rings. The molecule has 28 heavy (non-hydrogen) atoms. The zero-order valence-electron chi connectivity index (χ0n) is 16.0. The van der Waals surface area contributed by atoms with Crippen LogP contribution in [0.1, 0.15) is 43.5 Å². The number of imidazole rings is 1. The number of rotatable bonds is 3. The van der Waals surface area contributed by atoms with E-state index in [9.17, 15) is 5.11 Å². The monoisotopic (exact) mass is 370 g/mol. The maximum Gasteiger partial charge on any atom is 0.159 e. The zero-order chi connectivity index (χ0) is 19.3. The second kappa shape index (κ2) is 6.24. The van der Waals surface area contributed by atoms with Crippen LogP contribution in [0.5, 0.6) is 0 Å². The summed E-state index contributed by atoms with van der Waals surface area (Å²) in [5, 5.41) is 10.1. The lowest BCUT2D eigenvalue weighted by molar-refractivity contribution is 0.0687. The van der Waals surface area contributed by atoms with Crippen molar-refractivity contribution in [2.45, 2.75) is 38.3 Å². The molecule has 5 heteroatoms. The minimum Gasteiger partial charge on any atom is -0.382 e. The van der Waals surface area contributed by atoms with Crippen LogP contribution in [-0.2, 0) is 12.0 Å². The second-order valence-electron chi connectivity index (χ2n) is 7.92. The van der Waals surface area contributed by atoms with Crippen LogP contribution in [0.3, 0.4) is 0 Å². The van der Waals surface area contributed by atoms with Gasteiger partial charge in [0, 0.05) is 24.4 Å². The van der Waals surface area contributed by atoms with E-state index in [-0.39, 0.29) is 0 Å². The fraction of sp³-hybridized carbons (Fsp3) is 0.261. The number of aromatic nitrogens is 4. The van der Waals surface area contributed by atoms with Crippen LogP contribution in [0.4, 0.5) is 0 Å². The number of hydrogen-bond donors (Lipinski definition) is 1. The summed E-state index contributed by atoms with van der Waals surface area (Å²) in [6.07, 6.45) is 5.62. The first-order valence-electron chi connectivity index (χ1n) is 9.62. The van der Waals surface area contributed by atoms with Gasteiger partial charge in [-0.2, -0.15) is 0 Å². The van der Waals surface area contributed by atoms with Crippen LogP contribution >= 0.6 is 0 Å². The van der Waals surface area contributed by atoms with Crippen molar-refractivity contribution in [3.05, 3.63) is 78.1 Å². The molecule has 0 unspecified atom stereocenters. The van der Waals surface area contributed by atoms with Gasteiger partial charge in [0.1, 0.15) is 11.4 Å². The van der Waals surface area contributed by atoms with E-state index in [1.807, 2.05) is 0 Å². The summed E-state index contributed by atoms with van der Waals surface area (Å²) >= 11 is 0. The fourth-order valence-electron chi connectivity index (χ4n) is 4.03. The molecule has 0 bridgehead atoms. The maximum atomic E-state index is 10.1. The van der Waals surface area contributed by atoms with E-state index < -0.39 is 5.60 Å². The molecule has 1 atom stereocenters. The van der Waals surface area contributed by atoms with Gasteiger partial charge in [-0.3, -0.25) is 0 Å². The van der Waals surface area contributed by atoms with Crippen LogP contribution in [0.2, 0.25) is 0 Å². The Hall–Kier alpha value is -3.05. The highest BCUT2D eigenvalue weighted by Gasteiger charge is 2.27. The highest BCUT2D eigenvalue weighted by Crippen LogP contribution is 2.36. The van der Waals surface area contributed by atoms with Gasteiger partial charge in [-0.05, 0) is 43.5 Å². The largest absolute Gasteiger partial charge is 0.382 e. The summed E-state index contributed by atoms with van der Waals surface area (Å²) in [4.78, 5) is 13.5. The van der Waals surface area contributed by atoms with Gasteiger partial charge in [0.2, 0.25) is 0 Å². The molecule has 0 amide bonds. The molecule has 5 rings (SSSR count). The molecule has 0 aliphatic carbocycles. The number of aliphatic hydroxyl groups is 1.